The summed E-state index contributed by atoms with van der Waals surface area (Å²) in [6.07, 6.45) is 1.57. The predicted octanol–water partition coefficient (Wildman–Crippen LogP) is 5.64. The Balaban J connectivity index is 2.24. The molecule has 2 aromatic carbocycles. The molecular formula is C20H28O. The summed E-state index contributed by atoms with van der Waals surface area (Å²) in [5.41, 5.74) is 2.65. The van der Waals surface area contributed by atoms with Crippen LogP contribution in [0.4, 0.5) is 0 Å². The second-order valence-corrected chi connectivity index (χ2v) is 7.64. The summed E-state index contributed by atoms with van der Waals surface area (Å²) in [6, 6.07) is 12.6. The monoisotopic (exact) mass is 284 g/mol. The number of aliphatic hydroxyl groups is 1. The lowest BCUT2D eigenvalue weighted by molar-refractivity contribution is 0.135. The highest BCUT2D eigenvalue weighted by Crippen LogP contribution is 2.33. The largest absolute Gasteiger partial charge is 0.388 e. The van der Waals surface area contributed by atoms with Gasteiger partial charge in [-0.05, 0) is 53.0 Å². The highest BCUT2D eigenvalue weighted by molar-refractivity contribution is 5.88. The number of hydrogen-bond acceptors (Lipinski definition) is 1. The molecule has 2 aromatic rings. The molecule has 2 rings (SSSR count). The van der Waals surface area contributed by atoms with Crippen LogP contribution in [-0.4, -0.2) is 5.11 Å². The van der Waals surface area contributed by atoms with Crippen LogP contribution in [0.2, 0.25) is 0 Å². The Morgan fingerprint density at radius 3 is 2.24 bits per heavy atom. The molecule has 1 nitrogen and oxygen atoms in total. The van der Waals surface area contributed by atoms with Crippen molar-refractivity contribution in [1.82, 2.24) is 0 Å². The van der Waals surface area contributed by atoms with Crippen LogP contribution < -0.4 is 0 Å². The van der Waals surface area contributed by atoms with E-state index < -0.39 is 0 Å². The summed E-state index contributed by atoms with van der Waals surface area (Å²) in [6.45, 7) is 11.1. The molecule has 0 amide bonds. The molecule has 2 unspecified atom stereocenters. The molecule has 0 radical (unpaired) electrons. The minimum Gasteiger partial charge on any atom is -0.388 e. The Morgan fingerprint density at radius 2 is 1.62 bits per heavy atom. The van der Waals surface area contributed by atoms with Crippen LogP contribution in [0.3, 0.4) is 0 Å². The maximum atomic E-state index is 10.7. The van der Waals surface area contributed by atoms with E-state index in [4.69, 9.17) is 0 Å². The predicted molar refractivity (Wildman–Crippen MR) is 91.5 cm³/mol. The quantitative estimate of drug-likeness (QED) is 0.769. The third-order valence-corrected chi connectivity index (χ3v) is 4.12. The van der Waals surface area contributed by atoms with E-state index in [0.717, 1.165) is 18.4 Å². The fourth-order valence-electron chi connectivity index (χ4n) is 3.40. The first-order valence-electron chi connectivity index (χ1n) is 7.94. The van der Waals surface area contributed by atoms with E-state index in [1.54, 1.807) is 0 Å². The van der Waals surface area contributed by atoms with Gasteiger partial charge in [0.05, 0.1) is 6.10 Å². The van der Waals surface area contributed by atoms with Gasteiger partial charge in [-0.1, -0.05) is 64.1 Å². The first kappa shape index (κ1) is 16.0. The van der Waals surface area contributed by atoms with Gasteiger partial charge in [-0.15, -0.1) is 0 Å². The fourth-order valence-corrected chi connectivity index (χ4v) is 3.40. The molecule has 1 N–H and O–H groups in total. The second-order valence-electron chi connectivity index (χ2n) is 7.64. The summed E-state index contributed by atoms with van der Waals surface area (Å²) >= 11 is 0. The fraction of sp³-hybridized carbons (Fsp3) is 0.500. The number of aryl methyl sites for hydroxylation is 1. The van der Waals surface area contributed by atoms with Crippen molar-refractivity contribution >= 4 is 10.8 Å². The van der Waals surface area contributed by atoms with Crippen molar-refractivity contribution in [2.24, 2.45) is 11.3 Å². The molecule has 0 fully saturated rings. The summed E-state index contributed by atoms with van der Waals surface area (Å²) < 4.78 is 0. The normalized spacial score (nSPS) is 15.1. The van der Waals surface area contributed by atoms with Gasteiger partial charge in [0.2, 0.25) is 0 Å². The molecule has 2 atom stereocenters. The summed E-state index contributed by atoms with van der Waals surface area (Å²) in [4.78, 5) is 0. The molecule has 1 heteroatoms. The minimum absolute atomic E-state index is 0.314. The standard InChI is InChI=1S/C20H28O/c1-14(13-20(3,4)5)12-19(21)18-11-10-15(2)16-8-6-7-9-17(16)18/h6-11,14,19,21H,12-13H2,1-5H3. The average molecular weight is 284 g/mol. The Hall–Kier alpha value is -1.34. The maximum Gasteiger partial charge on any atom is 0.0798 e. The van der Waals surface area contributed by atoms with Gasteiger partial charge in [0, 0.05) is 0 Å². The van der Waals surface area contributed by atoms with Gasteiger partial charge in [0.15, 0.2) is 0 Å². The topological polar surface area (TPSA) is 20.2 Å². The highest BCUT2D eigenvalue weighted by Gasteiger charge is 2.20. The Morgan fingerprint density at radius 1 is 1.00 bits per heavy atom. The summed E-state index contributed by atoms with van der Waals surface area (Å²) in [5, 5.41) is 13.1. The van der Waals surface area contributed by atoms with E-state index in [9.17, 15) is 5.11 Å². The lowest BCUT2D eigenvalue weighted by Gasteiger charge is -2.25. The van der Waals surface area contributed by atoms with Crippen LogP contribution in [0, 0.1) is 18.3 Å². The van der Waals surface area contributed by atoms with Gasteiger partial charge in [0.25, 0.3) is 0 Å². The van der Waals surface area contributed by atoms with Crippen molar-refractivity contribution < 1.29 is 5.11 Å². The maximum absolute atomic E-state index is 10.7. The molecule has 21 heavy (non-hydrogen) atoms. The van der Waals surface area contributed by atoms with Crippen LogP contribution in [0.5, 0.6) is 0 Å². The Labute approximate surface area is 129 Å². The molecule has 0 heterocycles. The van der Waals surface area contributed by atoms with Gasteiger partial charge in [-0.3, -0.25) is 0 Å². The van der Waals surface area contributed by atoms with Crippen molar-refractivity contribution in [3.8, 4) is 0 Å². The first-order valence-corrected chi connectivity index (χ1v) is 7.94. The molecule has 0 aliphatic rings. The smallest absolute Gasteiger partial charge is 0.0798 e. The van der Waals surface area contributed by atoms with Crippen molar-refractivity contribution in [3.05, 3.63) is 47.5 Å². The van der Waals surface area contributed by atoms with Gasteiger partial charge in [0.1, 0.15) is 0 Å². The van der Waals surface area contributed by atoms with Crippen molar-refractivity contribution in [2.75, 3.05) is 0 Å². The molecule has 0 saturated carbocycles. The third kappa shape index (κ3) is 4.07. The second kappa shape index (κ2) is 6.19. The van der Waals surface area contributed by atoms with E-state index in [1.807, 2.05) is 0 Å². The molecule has 0 aliphatic carbocycles. The zero-order valence-electron chi connectivity index (χ0n) is 14.0. The molecular weight excluding hydrogens is 256 g/mol. The molecule has 0 aliphatic heterocycles. The van der Waals surface area contributed by atoms with Crippen LogP contribution >= 0.6 is 0 Å². The van der Waals surface area contributed by atoms with Crippen molar-refractivity contribution in [1.29, 1.82) is 0 Å². The third-order valence-electron chi connectivity index (χ3n) is 4.12. The number of hydrogen-bond donors (Lipinski definition) is 1. The molecule has 0 bridgehead atoms. The summed E-state index contributed by atoms with van der Waals surface area (Å²) in [5.74, 6) is 0.514. The zero-order valence-corrected chi connectivity index (χ0v) is 14.0. The van der Waals surface area contributed by atoms with E-state index in [0.29, 0.717) is 11.3 Å². The van der Waals surface area contributed by atoms with Gasteiger partial charge >= 0.3 is 0 Å². The van der Waals surface area contributed by atoms with Crippen LogP contribution in [-0.2, 0) is 0 Å². The van der Waals surface area contributed by atoms with Crippen molar-refractivity contribution in [3.63, 3.8) is 0 Å². The lowest BCUT2D eigenvalue weighted by Crippen LogP contribution is -2.13. The zero-order chi connectivity index (χ0) is 15.6. The SMILES string of the molecule is Cc1ccc(C(O)CC(C)CC(C)(C)C)c2ccccc12. The number of benzene rings is 2. The Bertz CT molecular complexity index is 607. The summed E-state index contributed by atoms with van der Waals surface area (Å²) in [7, 11) is 0. The number of rotatable bonds is 4. The van der Waals surface area contributed by atoms with E-state index in [-0.39, 0.29) is 6.10 Å². The molecule has 0 saturated heterocycles. The number of aliphatic hydroxyl groups excluding tert-OH is 1. The van der Waals surface area contributed by atoms with Gasteiger partial charge in [-0.25, -0.2) is 0 Å². The van der Waals surface area contributed by atoms with Crippen LogP contribution in [0.25, 0.3) is 10.8 Å². The van der Waals surface area contributed by atoms with Gasteiger partial charge in [-0.2, -0.15) is 0 Å². The van der Waals surface area contributed by atoms with Crippen molar-refractivity contribution in [2.45, 2.75) is 53.6 Å². The van der Waals surface area contributed by atoms with Crippen LogP contribution in [0.15, 0.2) is 36.4 Å². The lowest BCUT2D eigenvalue weighted by atomic mass is 9.82. The van der Waals surface area contributed by atoms with Gasteiger partial charge < -0.3 is 5.11 Å². The highest BCUT2D eigenvalue weighted by atomic mass is 16.3. The van der Waals surface area contributed by atoms with E-state index in [1.165, 1.54) is 16.3 Å². The van der Waals surface area contributed by atoms with Crippen LogP contribution in [0.1, 0.15) is 57.8 Å². The molecule has 114 valence electrons. The Kier molecular flexibility index (Phi) is 4.73. The average Bonchev–Trinajstić information content (AvgIpc) is 2.37. The number of fused-ring (bicyclic) bond motifs is 1. The minimum atomic E-state index is -0.382. The van der Waals surface area contributed by atoms with E-state index in [2.05, 4.69) is 71.0 Å². The molecule has 0 spiro atoms. The van der Waals surface area contributed by atoms with E-state index >= 15 is 0 Å². The first-order chi connectivity index (χ1) is 9.78. The molecule has 0 aromatic heterocycles.